The summed E-state index contributed by atoms with van der Waals surface area (Å²) in [6, 6.07) is 15.9. The predicted molar refractivity (Wildman–Crippen MR) is 110 cm³/mol. The first-order chi connectivity index (χ1) is 14.2. The summed E-state index contributed by atoms with van der Waals surface area (Å²) in [5.41, 5.74) is 0.531. The Balaban J connectivity index is 1.65. The first-order valence-electron chi connectivity index (χ1n) is 8.73. The van der Waals surface area contributed by atoms with Gasteiger partial charge in [-0.15, -0.1) is 0 Å². The van der Waals surface area contributed by atoms with E-state index in [9.17, 15) is 21.6 Å². The first-order valence-corrected chi connectivity index (χ1v) is 11.7. The second-order valence-electron chi connectivity index (χ2n) is 6.52. The van der Waals surface area contributed by atoms with E-state index in [1.54, 1.807) is 18.2 Å². The fourth-order valence-electron chi connectivity index (χ4n) is 2.99. The molecular weight excluding hydrogens is 428 g/mol. The van der Waals surface area contributed by atoms with Crippen molar-refractivity contribution in [3.63, 3.8) is 0 Å². The van der Waals surface area contributed by atoms with Gasteiger partial charge in [-0.3, -0.25) is 9.52 Å². The number of hydrogen-bond acceptors (Lipinski definition) is 6. The number of carbonyl (C=O) groups excluding carboxylic acids is 1. The molecule has 2 N–H and O–H groups in total. The number of sulfone groups is 1. The Bertz CT molecular complexity index is 1360. The Morgan fingerprint density at radius 2 is 1.50 bits per heavy atom. The molecule has 3 aromatic carbocycles. The quantitative estimate of drug-likeness (QED) is 0.498. The number of rotatable bonds is 4. The molecule has 0 spiro atoms. The highest BCUT2D eigenvalue weighted by Crippen LogP contribution is 2.43. The number of fused-ring (bicyclic) bond motifs is 2. The van der Waals surface area contributed by atoms with Crippen LogP contribution in [0.1, 0.15) is 6.92 Å². The lowest BCUT2D eigenvalue weighted by Crippen LogP contribution is -2.15. The van der Waals surface area contributed by atoms with Crippen LogP contribution in [0.4, 0.5) is 11.4 Å². The van der Waals surface area contributed by atoms with Crippen molar-refractivity contribution >= 4 is 37.1 Å². The monoisotopic (exact) mass is 444 g/mol. The van der Waals surface area contributed by atoms with Crippen molar-refractivity contribution in [3.8, 4) is 11.5 Å². The standard InChI is InChI=1S/C20H16N2O6S2/c1-13(23)21-14-6-9-16(10-7-14)30(26,27)22-15-8-11-18-20(12-15)29(24,25)19-5-3-2-4-17(19)28-18/h2-12,22H,1H3,(H,21,23). The summed E-state index contributed by atoms with van der Waals surface area (Å²) >= 11 is 0. The summed E-state index contributed by atoms with van der Waals surface area (Å²) in [5.74, 6) is 0.0664. The minimum Gasteiger partial charge on any atom is -0.455 e. The molecule has 1 amide bonds. The molecule has 4 rings (SSSR count). The van der Waals surface area contributed by atoms with Crippen molar-refractivity contribution in [2.75, 3.05) is 10.0 Å². The Morgan fingerprint density at radius 3 is 2.20 bits per heavy atom. The van der Waals surface area contributed by atoms with E-state index in [1.165, 1.54) is 55.5 Å². The summed E-state index contributed by atoms with van der Waals surface area (Å²) in [4.78, 5) is 10.9. The van der Waals surface area contributed by atoms with Gasteiger partial charge in [-0.1, -0.05) is 12.1 Å². The van der Waals surface area contributed by atoms with E-state index in [4.69, 9.17) is 4.74 Å². The van der Waals surface area contributed by atoms with Gasteiger partial charge in [0.15, 0.2) is 0 Å². The minimum atomic E-state index is -3.98. The molecule has 0 aliphatic carbocycles. The number of ether oxygens (including phenoxy) is 1. The summed E-state index contributed by atoms with van der Waals surface area (Å²) in [6.45, 7) is 1.35. The van der Waals surface area contributed by atoms with Crippen LogP contribution in [-0.2, 0) is 24.7 Å². The lowest BCUT2D eigenvalue weighted by atomic mass is 10.3. The summed E-state index contributed by atoms with van der Waals surface area (Å²) < 4.78 is 59.2. The molecule has 10 heteroatoms. The third-order valence-electron chi connectivity index (χ3n) is 4.33. The molecule has 1 aliphatic rings. The molecule has 0 unspecified atom stereocenters. The van der Waals surface area contributed by atoms with Crippen molar-refractivity contribution in [2.24, 2.45) is 0 Å². The summed E-state index contributed by atoms with van der Waals surface area (Å²) in [7, 11) is -7.84. The van der Waals surface area contributed by atoms with Gasteiger partial charge in [0.2, 0.25) is 15.7 Å². The molecule has 0 saturated carbocycles. The van der Waals surface area contributed by atoms with Crippen LogP contribution in [0, 0.1) is 0 Å². The van der Waals surface area contributed by atoms with Crippen LogP contribution < -0.4 is 14.8 Å². The summed E-state index contributed by atoms with van der Waals surface area (Å²) in [5, 5.41) is 2.55. The highest BCUT2D eigenvalue weighted by molar-refractivity contribution is 7.93. The molecule has 0 saturated heterocycles. The molecule has 8 nitrogen and oxygen atoms in total. The van der Waals surface area contributed by atoms with Crippen LogP contribution in [0.2, 0.25) is 0 Å². The van der Waals surface area contributed by atoms with Gasteiger partial charge in [0.1, 0.15) is 21.3 Å². The highest BCUT2D eigenvalue weighted by atomic mass is 32.2. The molecule has 0 bridgehead atoms. The zero-order chi connectivity index (χ0) is 21.5. The number of nitrogens with one attached hydrogen (secondary N) is 2. The highest BCUT2D eigenvalue weighted by Gasteiger charge is 2.31. The second-order valence-corrected chi connectivity index (χ2v) is 10.1. The van der Waals surface area contributed by atoms with E-state index in [2.05, 4.69) is 10.0 Å². The van der Waals surface area contributed by atoms with Crippen molar-refractivity contribution < 1.29 is 26.4 Å². The number of anilines is 2. The lowest BCUT2D eigenvalue weighted by Gasteiger charge is -2.21. The fraction of sp³-hybridized carbons (Fsp3) is 0.0500. The topological polar surface area (TPSA) is 119 Å². The average Bonchev–Trinajstić information content (AvgIpc) is 2.68. The maximum atomic E-state index is 12.9. The first kappa shape index (κ1) is 19.9. The van der Waals surface area contributed by atoms with Gasteiger partial charge in [0.05, 0.1) is 10.6 Å². The van der Waals surface area contributed by atoms with Crippen LogP contribution in [0.25, 0.3) is 0 Å². The third kappa shape index (κ3) is 3.62. The van der Waals surface area contributed by atoms with E-state index >= 15 is 0 Å². The van der Waals surface area contributed by atoms with Crippen LogP contribution in [0.5, 0.6) is 11.5 Å². The van der Waals surface area contributed by atoms with Crippen LogP contribution in [0.3, 0.4) is 0 Å². The lowest BCUT2D eigenvalue weighted by molar-refractivity contribution is -0.114. The Labute approximate surface area is 173 Å². The van der Waals surface area contributed by atoms with E-state index < -0.39 is 19.9 Å². The Morgan fingerprint density at radius 1 is 0.867 bits per heavy atom. The maximum Gasteiger partial charge on any atom is 0.261 e. The van der Waals surface area contributed by atoms with Gasteiger partial charge in [-0.25, -0.2) is 16.8 Å². The zero-order valence-electron chi connectivity index (χ0n) is 15.6. The third-order valence-corrected chi connectivity index (χ3v) is 7.54. The molecule has 0 aromatic heterocycles. The molecular formula is C20H16N2O6S2. The SMILES string of the molecule is CC(=O)Nc1ccc(S(=O)(=O)Nc2ccc3c(c2)S(=O)(=O)c2ccccc2O3)cc1. The van der Waals surface area contributed by atoms with Gasteiger partial charge in [0.25, 0.3) is 10.0 Å². The van der Waals surface area contributed by atoms with Crippen LogP contribution in [-0.4, -0.2) is 22.7 Å². The van der Waals surface area contributed by atoms with Gasteiger partial charge in [-0.05, 0) is 54.6 Å². The van der Waals surface area contributed by atoms with Gasteiger partial charge >= 0.3 is 0 Å². The molecule has 1 aliphatic heterocycles. The van der Waals surface area contributed by atoms with E-state index in [0.29, 0.717) is 5.69 Å². The van der Waals surface area contributed by atoms with E-state index in [-0.39, 0.29) is 37.8 Å². The smallest absolute Gasteiger partial charge is 0.261 e. The zero-order valence-corrected chi connectivity index (χ0v) is 17.2. The number of hydrogen-bond donors (Lipinski definition) is 2. The summed E-state index contributed by atoms with van der Waals surface area (Å²) in [6.07, 6.45) is 0. The molecule has 0 radical (unpaired) electrons. The normalized spacial score (nSPS) is 14.0. The molecule has 30 heavy (non-hydrogen) atoms. The second kappa shape index (κ2) is 7.15. The molecule has 154 valence electrons. The number of benzene rings is 3. The van der Waals surface area contributed by atoms with Crippen molar-refractivity contribution in [2.45, 2.75) is 21.6 Å². The molecule has 3 aromatic rings. The van der Waals surface area contributed by atoms with Crippen molar-refractivity contribution in [1.82, 2.24) is 0 Å². The molecule has 0 atom stereocenters. The minimum absolute atomic E-state index is 0.0195. The average molecular weight is 444 g/mol. The van der Waals surface area contributed by atoms with E-state index in [1.807, 2.05) is 0 Å². The number of para-hydroxylation sites is 1. The predicted octanol–water partition coefficient (Wildman–Crippen LogP) is 3.38. The van der Waals surface area contributed by atoms with Crippen LogP contribution >= 0.6 is 0 Å². The Hall–Kier alpha value is -3.37. The van der Waals surface area contributed by atoms with Gasteiger partial charge in [0, 0.05) is 12.6 Å². The molecule has 0 fully saturated rings. The van der Waals surface area contributed by atoms with Gasteiger partial charge < -0.3 is 10.1 Å². The molecule has 1 heterocycles. The van der Waals surface area contributed by atoms with Gasteiger partial charge in [-0.2, -0.15) is 0 Å². The number of amides is 1. The Kier molecular flexibility index (Phi) is 4.75. The van der Waals surface area contributed by atoms with Crippen LogP contribution in [0.15, 0.2) is 81.4 Å². The fourth-order valence-corrected chi connectivity index (χ4v) is 5.57. The largest absolute Gasteiger partial charge is 0.455 e. The van der Waals surface area contributed by atoms with Crippen molar-refractivity contribution in [3.05, 3.63) is 66.7 Å². The number of sulfonamides is 1. The van der Waals surface area contributed by atoms with Crippen molar-refractivity contribution in [1.29, 1.82) is 0 Å². The maximum absolute atomic E-state index is 12.9. The van der Waals surface area contributed by atoms with E-state index in [0.717, 1.165) is 0 Å². The number of carbonyl (C=O) groups is 1.